The summed E-state index contributed by atoms with van der Waals surface area (Å²) in [5.74, 6) is -1.02. The second kappa shape index (κ2) is 5.30. The van der Waals surface area contributed by atoms with E-state index in [9.17, 15) is 12.8 Å². The third-order valence-electron chi connectivity index (χ3n) is 2.59. The maximum atomic E-state index is 13.6. The van der Waals surface area contributed by atoms with Gasteiger partial charge in [0, 0.05) is 15.7 Å². The molecule has 0 aromatic heterocycles. The molecule has 0 saturated carbocycles. The number of anilines is 1. The van der Waals surface area contributed by atoms with Crippen molar-refractivity contribution in [2.24, 2.45) is 0 Å². The number of rotatable bonds is 3. The van der Waals surface area contributed by atoms with Gasteiger partial charge in [-0.05, 0) is 40.2 Å². The van der Waals surface area contributed by atoms with Gasteiger partial charge >= 0.3 is 0 Å². The highest BCUT2D eigenvalue weighted by Gasteiger charge is 2.19. The highest BCUT2D eigenvalue weighted by molar-refractivity contribution is 9.10. The Hall–Kier alpha value is -1.40. The first-order valence-electron chi connectivity index (χ1n) is 5.41. The summed E-state index contributed by atoms with van der Waals surface area (Å²) >= 11 is 3.18. The second-order valence-electron chi connectivity index (χ2n) is 4.04. The lowest BCUT2D eigenvalue weighted by Gasteiger charge is -2.08. The SMILES string of the molecule is Nc1ccc(CS(=O)(=O)c2ccccc2Br)c(F)c1. The van der Waals surface area contributed by atoms with Crippen molar-refractivity contribution in [3.05, 3.63) is 58.3 Å². The molecule has 2 N–H and O–H groups in total. The summed E-state index contributed by atoms with van der Waals surface area (Å²) in [4.78, 5) is 0.145. The zero-order chi connectivity index (χ0) is 14.0. The van der Waals surface area contributed by atoms with E-state index in [-0.39, 0.29) is 16.1 Å². The second-order valence-corrected chi connectivity index (χ2v) is 6.85. The number of halogens is 2. The van der Waals surface area contributed by atoms with Crippen molar-refractivity contribution >= 4 is 31.5 Å². The molecule has 0 aliphatic rings. The molecule has 3 nitrogen and oxygen atoms in total. The molecule has 0 unspecified atom stereocenters. The Labute approximate surface area is 119 Å². The quantitative estimate of drug-likeness (QED) is 0.871. The van der Waals surface area contributed by atoms with Gasteiger partial charge in [-0.15, -0.1) is 0 Å². The molecule has 0 radical (unpaired) electrons. The zero-order valence-corrected chi connectivity index (χ0v) is 12.2. The van der Waals surface area contributed by atoms with Crippen LogP contribution < -0.4 is 5.73 Å². The van der Waals surface area contributed by atoms with Crippen LogP contribution in [0.1, 0.15) is 5.56 Å². The van der Waals surface area contributed by atoms with Crippen LogP contribution in [0.15, 0.2) is 51.8 Å². The molecule has 0 atom stereocenters. The molecule has 0 heterocycles. The first-order valence-corrected chi connectivity index (χ1v) is 7.86. The molecular formula is C13H11BrFNO2S. The predicted octanol–water partition coefficient (Wildman–Crippen LogP) is 3.14. The molecule has 2 aromatic rings. The van der Waals surface area contributed by atoms with Crippen molar-refractivity contribution < 1.29 is 12.8 Å². The highest BCUT2D eigenvalue weighted by atomic mass is 79.9. The monoisotopic (exact) mass is 343 g/mol. The molecule has 0 saturated heterocycles. The average molecular weight is 344 g/mol. The van der Waals surface area contributed by atoms with Crippen LogP contribution >= 0.6 is 15.9 Å². The van der Waals surface area contributed by atoms with E-state index >= 15 is 0 Å². The molecule has 6 heteroatoms. The third-order valence-corrected chi connectivity index (χ3v) is 5.27. The Balaban J connectivity index is 2.40. The van der Waals surface area contributed by atoms with Crippen molar-refractivity contribution in [3.8, 4) is 0 Å². The summed E-state index contributed by atoms with van der Waals surface area (Å²) in [7, 11) is -3.61. The average Bonchev–Trinajstić information content (AvgIpc) is 2.33. The number of hydrogen-bond donors (Lipinski definition) is 1. The summed E-state index contributed by atoms with van der Waals surface area (Å²) in [6, 6.07) is 10.4. The molecule has 2 aromatic carbocycles. The minimum Gasteiger partial charge on any atom is -0.399 e. The van der Waals surface area contributed by atoms with Gasteiger partial charge < -0.3 is 5.73 Å². The minimum atomic E-state index is -3.61. The summed E-state index contributed by atoms with van der Waals surface area (Å²) < 4.78 is 38.6. The van der Waals surface area contributed by atoms with Gasteiger partial charge in [0.15, 0.2) is 9.84 Å². The first kappa shape index (κ1) is 14.0. The van der Waals surface area contributed by atoms with Gasteiger partial charge in [-0.25, -0.2) is 12.8 Å². The van der Waals surface area contributed by atoms with Crippen LogP contribution in [0.5, 0.6) is 0 Å². The van der Waals surface area contributed by atoms with E-state index in [0.717, 1.165) is 6.07 Å². The number of benzene rings is 2. The van der Waals surface area contributed by atoms with Crippen molar-refractivity contribution in [1.82, 2.24) is 0 Å². The lowest BCUT2D eigenvalue weighted by atomic mass is 10.2. The topological polar surface area (TPSA) is 60.2 Å². The Morgan fingerprint density at radius 2 is 1.84 bits per heavy atom. The van der Waals surface area contributed by atoms with Gasteiger partial charge in [-0.1, -0.05) is 18.2 Å². The van der Waals surface area contributed by atoms with Gasteiger partial charge in [-0.3, -0.25) is 0 Å². The van der Waals surface area contributed by atoms with Crippen LogP contribution in [0, 0.1) is 5.82 Å². The predicted molar refractivity (Wildman–Crippen MR) is 75.8 cm³/mol. The number of nitrogens with two attached hydrogens (primary N) is 1. The van der Waals surface area contributed by atoms with Crippen molar-refractivity contribution in [1.29, 1.82) is 0 Å². The molecule has 19 heavy (non-hydrogen) atoms. The van der Waals surface area contributed by atoms with Gasteiger partial charge in [0.1, 0.15) is 5.82 Å². The molecule has 100 valence electrons. The Kier molecular flexibility index (Phi) is 3.91. The van der Waals surface area contributed by atoms with E-state index in [1.807, 2.05) is 0 Å². The summed E-state index contributed by atoms with van der Waals surface area (Å²) in [5.41, 5.74) is 5.79. The van der Waals surface area contributed by atoms with Crippen LogP contribution in [-0.2, 0) is 15.6 Å². The molecule has 0 spiro atoms. The molecule has 2 rings (SSSR count). The lowest BCUT2D eigenvalue weighted by Crippen LogP contribution is -2.07. The van der Waals surface area contributed by atoms with Crippen molar-refractivity contribution in [2.75, 3.05) is 5.73 Å². The van der Waals surface area contributed by atoms with E-state index in [0.29, 0.717) is 4.47 Å². The summed E-state index contributed by atoms with van der Waals surface area (Å²) in [5, 5.41) is 0. The Morgan fingerprint density at radius 1 is 1.16 bits per heavy atom. The van der Waals surface area contributed by atoms with Crippen LogP contribution in [0.3, 0.4) is 0 Å². The van der Waals surface area contributed by atoms with Gasteiger partial charge in [0.2, 0.25) is 0 Å². The summed E-state index contributed by atoms with van der Waals surface area (Å²) in [6.45, 7) is 0. The number of sulfone groups is 1. The van der Waals surface area contributed by atoms with E-state index < -0.39 is 21.4 Å². The minimum absolute atomic E-state index is 0.102. The molecule has 0 amide bonds. The highest BCUT2D eigenvalue weighted by Crippen LogP contribution is 2.25. The zero-order valence-electron chi connectivity index (χ0n) is 9.81. The third kappa shape index (κ3) is 3.13. The van der Waals surface area contributed by atoms with E-state index in [2.05, 4.69) is 15.9 Å². The van der Waals surface area contributed by atoms with Crippen molar-refractivity contribution in [2.45, 2.75) is 10.6 Å². The molecular weight excluding hydrogens is 333 g/mol. The van der Waals surface area contributed by atoms with Crippen LogP contribution in [0.2, 0.25) is 0 Å². The van der Waals surface area contributed by atoms with Crippen molar-refractivity contribution in [3.63, 3.8) is 0 Å². The fourth-order valence-corrected chi connectivity index (χ4v) is 4.13. The lowest BCUT2D eigenvalue weighted by molar-refractivity contribution is 0.587. The largest absolute Gasteiger partial charge is 0.399 e. The fourth-order valence-electron chi connectivity index (χ4n) is 1.66. The van der Waals surface area contributed by atoms with E-state index in [4.69, 9.17) is 5.73 Å². The smallest absolute Gasteiger partial charge is 0.183 e. The molecule has 0 aliphatic heterocycles. The normalized spacial score (nSPS) is 11.5. The Bertz CT molecular complexity index is 716. The van der Waals surface area contributed by atoms with E-state index in [1.54, 1.807) is 18.2 Å². The van der Waals surface area contributed by atoms with E-state index in [1.165, 1.54) is 18.2 Å². The fraction of sp³-hybridized carbons (Fsp3) is 0.0769. The summed E-state index contributed by atoms with van der Waals surface area (Å²) in [6.07, 6.45) is 0. The standard InChI is InChI=1S/C13H11BrFNO2S/c14-11-3-1-2-4-13(11)19(17,18)8-9-5-6-10(16)7-12(9)15/h1-7H,8,16H2. The molecule has 0 fully saturated rings. The Morgan fingerprint density at radius 3 is 2.47 bits per heavy atom. The van der Waals surface area contributed by atoms with Gasteiger partial charge in [0.25, 0.3) is 0 Å². The maximum Gasteiger partial charge on any atom is 0.183 e. The van der Waals surface area contributed by atoms with Crippen LogP contribution in [-0.4, -0.2) is 8.42 Å². The van der Waals surface area contributed by atoms with Crippen LogP contribution in [0.4, 0.5) is 10.1 Å². The number of nitrogen functional groups attached to an aromatic ring is 1. The maximum absolute atomic E-state index is 13.6. The van der Waals surface area contributed by atoms with Crippen LogP contribution in [0.25, 0.3) is 0 Å². The molecule has 0 aliphatic carbocycles. The van der Waals surface area contributed by atoms with Gasteiger partial charge in [-0.2, -0.15) is 0 Å². The molecule has 0 bridgehead atoms. The van der Waals surface area contributed by atoms with Gasteiger partial charge in [0.05, 0.1) is 10.6 Å². The first-order chi connectivity index (χ1) is 8.90. The number of hydrogen-bond acceptors (Lipinski definition) is 3.